The smallest absolute Gasteiger partial charge is 0.323 e. The number of fused-ring (bicyclic) bond motifs is 1. The second-order valence-electron chi connectivity index (χ2n) is 6.93. The first-order valence-electron chi connectivity index (χ1n) is 9.45. The van der Waals surface area contributed by atoms with Crippen LogP contribution in [-0.4, -0.2) is 15.0 Å². The highest BCUT2D eigenvalue weighted by Crippen LogP contribution is 2.20. The van der Waals surface area contributed by atoms with E-state index in [1.165, 1.54) is 28.8 Å². The van der Waals surface area contributed by atoms with Gasteiger partial charge < -0.3 is 5.32 Å². The van der Waals surface area contributed by atoms with Gasteiger partial charge in [0.15, 0.2) is 0 Å². The average Bonchev–Trinajstić information content (AvgIpc) is 2.77. The van der Waals surface area contributed by atoms with E-state index in [1.807, 2.05) is 0 Å². The van der Waals surface area contributed by atoms with Crippen molar-refractivity contribution in [1.82, 2.24) is 9.13 Å². The van der Waals surface area contributed by atoms with Gasteiger partial charge in [-0.1, -0.05) is 48.0 Å². The van der Waals surface area contributed by atoms with Crippen LogP contribution < -0.4 is 16.6 Å². The lowest BCUT2D eigenvalue weighted by molar-refractivity contribution is -0.116. The largest absolute Gasteiger partial charge is 0.332 e. The number of nitrogens with one attached hydrogen (secondary N) is 1. The number of anilines is 1. The van der Waals surface area contributed by atoms with Crippen LogP contribution in [0.3, 0.4) is 0 Å². The molecule has 0 bridgehead atoms. The Bertz CT molecular complexity index is 1390. The number of benzene rings is 3. The fraction of sp³-hybridized carbons (Fsp3) is 0.0870. The van der Waals surface area contributed by atoms with E-state index in [-0.39, 0.29) is 13.1 Å². The van der Waals surface area contributed by atoms with Crippen LogP contribution in [0, 0.1) is 5.82 Å². The van der Waals surface area contributed by atoms with Crippen molar-refractivity contribution in [2.24, 2.45) is 0 Å². The molecule has 4 aromatic rings. The number of carbonyl (C=O) groups is 1. The summed E-state index contributed by atoms with van der Waals surface area (Å²) in [6.07, 6.45) is 0. The predicted octanol–water partition coefficient (Wildman–Crippen LogP) is 3.64. The number of hydrogen-bond acceptors (Lipinski definition) is 3. The molecule has 0 radical (unpaired) electrons. The molecular formula is C23H17ClFN3O3. The van der Waals surface area contributed by atoms with Crippen LogP contribution in [0.2, 0.25) is 5.02 Å². The van der Waals surface area contributed by atoms with E-state index in [2.05, 4.69) is 5.32 Å². The quantitative estimate of drug-likeness (QED) is 0.518. The Morgan fingerprint density at radius 2 is 1.58 bits per heavy atom. The van der Waals surface area contributed by atoms with Gasteiger partial charge in [0.2, 0.25) is 5.91 Å². The molecular weight excluding hydrogens is 421 g/mol. The van der Waals surface area contributed by atoms with Crippen molar-refractivity contribution < 1.29 is 9.18 Å². The lowest BCUT2D eigenvalue weighted by Crippen LogP contribution is -2.42. The summed E-state index contributed by atoms with van der Waals surface area (Å²) in [6.45, 7) is -0.358. The number of carbonyl (C=O) groups excluding carboxylic acids is 1. The van der Waals surface area contributed by atoms with Crippen molar-refractivity contribution in [3.63, 3.8) is 0 Å². The van der Waals surface area contributed by atoms with Crippen LogP contribution in [0.25, 0.3) is 10.9 Å². The molecule has 6 nitrogen and oxygen atoms in total. The molecule has 0 fully saturated rings. The zero-order valence-corrected chi connectivity index (χ0v) is 17.0. The number of rotatable bonds is 5. The van der Waals surface area contributed by atoms with Gasteiger partial charge in [-0.3, -0.25) is 18.7 Å². The number of amides is 1. The Balaban J connectivity index is 1.76. The van der Waals surface area contributed by atoms with Gasteiger partial charge in [-0.15, -0.1) is 0 Å². The maximum absolute atomic E-state index is 13.2. The molecule has 1 amide bonds. The molecule has 0 aliphatic heterocycles. The van der Waals surface area contributed by atoms with E-state index >= 15 is 0 Å². The fourth-order valence-corrected chi connectivity index (χ4v) is 3.51. The monoisotopic (exact) mass is 437 g/mol. The molecule has 156 valence electrons. The Morgan fingerprint density at radius 1 is 0.903 bits per heavy atom. The van der Waals surface area contributed by atoms with Crippen molar-refractivity contribution in [3.05, 3.63) is 110 Å². The normalized spacial score (nSPS) is 10.9. The van der Waals surface area contributed by atoms with E-state index in [0.29, 0.717) is 27.2 Å². The van der Waals surface area contributed by atoms with Gasteiger partial charge in [0.1, 0.15) is 12.4 Å². The van der Waals surface area contributed by atoms with Crippen molar-refractivity contribution >= 4 is 34.1 Å². The molecule has 8 heteroatoms. The highest BCUT2D eigenvalue weighted by atomic mass is 35.5. The van der Waals surface area contributed by atoms with E-state index in [1.54, 1.807) is 48.5 Å². The van der Waals surface area contributed by atoms with Crippen LogP contribution in [0.4, 0.5) is 10.1 Å². The number of halogens is 2. The molecule has 0 atom stereocenters. The van der Waals surface area contributed by atoms with Gasteiger partial charge in [0.25, 0.3) is 5.56 Å². The van der Waals surface area contributed by atoms with Crippen molar-refractivity contribution in [1.29, 1.82) is 0 Å². The Kier molecular flexibility index (Phi) is 5.68. The van der Waals surface area contributed by atoms with Crippen molar-refractivity contribution in [3.8, 4) is 0 Å². The van der Waals surface area contributed by atoms with Crippen LogP contribution in [0.1, 0.15) is 5.56 Å². The first-order valence-corrected chi connectivity index (χ1v) is 9.83. The molecule has 1 N–H and O–H groups in total. The molecule has 1 aromatic heterocycles. The first-order chi connectivity index (χ1) is 14.9. The Labute approximate surface area is 181 Å². The van der Waals surface area contributed by atoms with E-state index in [9.17, 15) is 18.8 Å². The molecule has 1 heterocycles. The van der Waals surface area contributed by atoms with Crippen molar-refractivity contribution in [2.45, 2.75) is 13.1 Å². The van der Waals surface area contributed by atoms with Gasteiger partial charge in [0, 0.05) is 0 Å². The fourth-order valence-electron chi connectivity index (χ4n) is 3.33. The van der Waals surface area contributed by atoms with E-state index < -0.39 is 23.0 Å². The molecule has 0 saturated carbocycles. The minimum absolute atomic E-state index is 0.0467. The summed E-state index contributed by atoms with van der Waals surface area (Å²) in [4.78, 5) is 38.8. The third-order valence-electron chi connectivity index (χ3n) is 4.84. The van der Waals surface area contributed by atoms with Crippen molar-refractivity contribution in [2.75, 3.05) is 5.32 Å². The number of nitrogens with zero attached hydrogens (tertiary/aromatic N) is 2. The third kappa shape index (κ3) is 4.27. The highest BCUT2D eigenvalue weighted by molar-refractivity contribution is 6.33. The third-order valence-corrected chi connectivity index (χ3v) is 5.17. The Hall–Kier alpha value is -3.71. The summed E-state index contributed by atoms with van der Waals surface area (Å²) in [5, 5.41) is 3.35. The van der Waals surface area contributed by atoms with Gasteiger partial charge in [-0.05, 0) is 42.0 Å². The van der Waals surface area contributed by atoms with E-state index in [4.69, 9.17) is 11.6 Å². The lowest BCUT2D eigenvalue weighted by Gasteiger charge is -2.14. The molecule has 31 heavy (non-hydrogen) atoms. The van der Waals surface area contributed by atoms with Gasteiger partial charge in [-0.25, -0.2) is 9.18 Å². The highest BCUT2D eigenvalue weighted by Gasteiger charge is 2.16. The number of para-hydroxylation sites is 2. The van der Waals surface area contributed by atoms with Crippen LogP contribution in [0.5, 0.6) is 0 Å². The summed E-state index contributed by atoms with van der Waals surface area (Å²) in [5.41, 5.74) is 0.242. The molecule has 4 rings (SSSR count). The van der Waals surface area contributed by atoms with Gasteiger partial charge in [-0.2, -0.15) is 0 Å². The summed E-state index contributed by atoms with van der Waals surface area (Å²) in [7, 11) is 0. The van der Waals surface area contributed by atoms with Crippen LogP contribution >= 0.6 is 11.6 Å². The zero-order chi connectivity index (χ0) is 22.0. The van der Waals surface area contributed by atoms with Gasteiger partial charge in [0.05, 0.1) is 28.2 Å². The first kappa shape index (κ1) is 20.6. The summed E-state index contributed by atoms with van der Waals surface area (Å²) >= 11 is 6.09. The summed E-state index contributed by atoms with van der Waals surface area (Å²) < 4.78 is 15.5. The van der Waals surface area contributed by atoms with Crippen LogP contribution in [0.15, 0.2) is 82.4 Å². The maximum atomic E-state index is 13.2. The molecule has 0 aliphatic carbocycles. The molecule has 0 saturated heterocycles. The zero-order valence-electron chi connectivity index (χ0n) is 16.2. The minimum Gasteiger partial charge on any atom is -0.323 e. The lowest BCUT2D eigenvalue weighted by atomic mass is 10.2. The number of aromatic nitrogens is 2. The van der Waals surface area contributed by atoms with Crippen LogP contribution in [-0.2, 0) is 17.9 Å². The van der Waals surface area contributed by atoms with E-state index in [0.717, 1.165) is 4.57 Å². The second-order valence-corrected chi connectivity index (χ2v) is 7.34. The predicted molar refractivity (Wildman–Crippen MR) is 118 cm³/mol. The molecule has 0 aliphatic rings. The standard InChI is InChI=1S/C23H17ClFN3O3/c24-18-6-2-3-7-19(18)26-21(29)14-27-20-8-4-1-5-17(20)22(30)28(23(27)31)13-15-9-11-16(25)12-10-15/h1-12H,13-14H2,(H,26,29). The molecule has 0 unspecified atom stereocenters. The topological polar surface area (TPSA) is 73.1 Å². The minimum atomic E-state index is -0.637. The number of hydrogen-bond donors (Lipinski definition) is 1. The summed E-state index contributed by atoms with van der Waals surface area (Å²) in [6, 6.07) is 18.9. The molecule has 0 spiro atoms. The SMILES string of the molecule is O=C(Cn1c(=O)n(Cc2ccc(F)cc2)c(=O)c2ccccc21)Nc1ccccc1Cl. The second kappa shape index (κ2) is 8.57. The molecule has 3 aromatic carbocycles. The average molecular weight is 438 g/mol. The maximum Gasteiger partial charge on any atom is 0.332 e. The van der Waals surface area contributed by atoms with Gasteiger partial charge >= 0.3 is 5.69 Å². The summed E-state index contributed by atoms with van der Waals surface area (Å²) in [5.74, 6) is -0.879. The Morgan fingerprint density at radius 3 is 2.32 bits per heavy atom.